The van der Waals surface area contributed by atoms with Crippen molar-refractivity contribution in [2.45, 2.75) is 51.0 Å². The summed E-state index contributed by atoms with van der Waals surface area (Å²) in [5, 5.41) is 12.3. The molecule has 2 saturated carbocycles. The maximum atomic E-state index is 14.1. The number of aryl methyl sites for hydroxylation is 1. The monoisotopic (exact) mass is 334 g/mol. The quantitative estimate of drug-likeness (QED) is 0.839. The summed E-state index contributed by atoms with van der Waals surface area (Å²) in [5.74, 6) is -4.35. The zero-order valence-corrected chi connectivity index (χ0v) is 13.1. The molecule has 3 aliphatic rings. The number of fused-ring (bicyclic) bond motifs is 1. The largest absolute Gasteiger partial charge is 0.348 e. The molecule has 6 heteroatoms. The number of nitrogens with one attached hydrogen (secondary N) is 1. The Morgan fingerprint density at radius 2 is 1.96 bits per heavy atom. The number of rotatable bonds is 2. The van der Waals surface area contributed by atoms with Gasteiger partial charge in [-0.15, -0.1) is 0 Å². The van der Waals surface area contributed by atoms with Crippen LogP contribution in [-0.4, -0.2) is 5.91 Å². The molecule has 1 N–H and O–H groups in total. The average molecular weight is 334 g/mol. The Balaban J connectivity index is 1.60. The highest BCUT2D eigenvalue weighted by Crippen LogP contribution is 2.71. The van der Waals surface area contributed by atoms with Crippen LogP contribution in [0.15, 0.2) is 6.07 Å². The number of amides is 1. The first kappa shape index (κ1) is 15.5. The third kappa shape index (κ3) is 1.87. The molecule has 2 atom stereocenters. The minimum atomic E-state index is -1.51. The van der Waals surface area contributed by atoms with E-state index in [2.05, 4.69) is 11.4 Å². The fraction of sp³-hybridized carbons (Fsp3) is 0.556. The SMILES string of the molecule is N#C[C@]1(C(=O)N[C@H]2CCc3cc(F)c(F)c(F)c32)CC12CCCC2. The van der Waals surface area contributed by atoms with Crippen LogP contribution in [-0.2, 0) is 11.2 Å². The van der Waals surface area contributed by atoms with Gasteiger partial charge in [0, 0.05) is 11.0 Å². The third-order valence-corrected chi connectivity index (χ3v) is 6.16. The maximum Gasteiger partial charge on any atom is 0.241 e. The highest BCUT2D eigenvalue weighted by atomic mass is 19.2. The lowest BCUT2D eigenvalue weighted by Gasteiger charge is -2.20. The Morgan fingerprint density at radius 1 is 1.25 bits per heavy atom. The molecule has 126 valence electrons. The highest BCUT2D eigenvalue weighted by Gasteiger charge is 2.73. The smallest absolute Gasteiger partial charge is 0.241 e. The van der Waals surface area contributed by atoms with Crippen molar-refractivity contribution in [2.75, 3.05) is 0 Å². The molecular formula is C18H17F3N2O. The zero-order chi connectivity index (χ0) is 17.1. The number of carbonyl (C=O) groups excluding carboxylic acids is 1. The van der Waals surface area contributed by atoms with Crippen LogP contribution in [0.4, 0.5) is 13.2 Å². The summed E-state index contributed by atoms with van der Waals surface area (Å²) in [6.45, 7) is 0. The summed E-state index contributed by atoms with van der Waals surface area (Å²) in [5.41, 5.74) is -0.869. The average Bonchev–Trinajstić information content (AvgIpc) is 2.85. The summed E-state index contributed by atoms with van der Waals surface area (Å²) < 4.78 is 41.0. The predicted molar refractivity (Wildman–Crippen MR) is 79.1 cm³/mol. The van der Waals surface area contributed by atoms with Crippen molar-refractivity contribution in [2.24, 2.45) is 10.8 Å². The van der Waals surface area contributed by atoms with E-state index in [0.29, 0.717) is 24.8 Å². The van der Waals surface area contributed by atoms with Crippen LogP contribution in [0.2, 0.25) is 0 Å². The minimum absolute atomic E-state index is 0.0245. The molecule has 24 heavy (non-hydrogen) atoms. The molecule has 0 saturated heterocycles. The molecule has 1 aromatic carbocycles. The van der Waals surface area contributed by atoms with E-state index in [1.165, 1.54) is 0 Å². The molecule has 3 nitrogen and oxygen atoms in total. The lowest BCUT2D eigenvalue weighted by atomic mass is 9.91. The zero-order valence-electron chi connectivity index (χ0n) is 13.1. The Bertz CT molecular complexity index is 779. The summed E-state index contributed by atoms with van der Waals surface area (Å²) >= 11 is 0. The van der Waals surface area contributed by atoms with Gasteiger partial charge in [0.2, 0.25) is 5.91 Å². The van der Waals surface area contributed by atoms with Crippen molar-refractivity contribution < 1.29 is 18.0 Å². The molecule has 0 radical (unpaired) electrons. The van der Waals surface area contributed by atoms with Crippen LogP contribution >= 0.6 is 0 Å². The van der Waals surface area contributed by atoms with Gasteiger partial charge in [-0.05, 0) is 43.7 Å². The van der Waals surface area contributed by atoms with E-state index >= 15 is 0 Å². The molecule has 4 rings (SSSR count). The van der Waals surface area contributed by atoms with Gasteiger partial charge < -0.3 is 5.32 Å². The molecule has 0 bridgehead atoms. The Hall–Kier alpha value is -2.03. The van der Waals surface area contributed by atoms with Gasteiger partial charge in [0.25, 0.3) is 0 Å². The third-order valence-electron chi connectivity index (χ3n) is 6.16. The first-order chi connectivity index (χ1) is 11.4. The standard InChI is InChI=1S/C18H17F3N2O/c19-11-7-10-3-4-12(13(10)15(21)14(11)20)23-16(24)18(9-22)8-17(18)5-1-2-6-17/h7,12H,1-6,8H2,(H,23,24)/t12-,18-/m0/s1. The molecule has 1 aromatic rings. The van der Waals surface area contributed by atoms with Crippen LogP contribution in [0.25, 0.3) is 0 Å². The molecule has 0 heterocycles. The first-order valence-corrected chi connectivity index (χ1v) is 8.33. The Kier molecular flexibility index (Phi) is 3.22. The lowest BCUT2D eigenvalue weighted by Crippen LogP contribution is -2.36. The number of hydrogen-bond donors (Lipinski definition) is 1. The van der Waals surface area contributed by atoms with E-state index in [-0.39, 0.29) is 11.0 Å². The second kappa shape index (κ2) is 4.98. The summed E-state index contributed by atoms with van der Waals surface area (Å²) in [6, 6.07) is 2.47. The molecule has 0 aromatic heterocycles. The topological polar surface area (TPSA) is 52.9 Å². The van der Waals surface area contributed by atoms with Gasteiger partial charge in [-0.3, -0.25) is 4.79 Å². The van der Waals surface area contributed by atoms with E-state index in [4.69, 9.17) is 0 Å². The predicted octanol–water partition coefficient (Wildman–Crippen LogP) is 3.68. The summed E-state index contributed by atoms with van der Waals surface area (Å²) in [6.07, 6.45) is 5.06. The fourth-order valence-corrected chi connectivity index (χ4v) is 4.76. The maximum absolute atomic E-state index is 14.1. The summed E-state index contributed by atoms with van der Waals surface area (Å²) in [7, 11) is 0. The van der Waals surface area contributed by atoms with Crippen molar-refractivity contribution in [1.29, 1.82) is 5.26 Å². The second-order valence-electron chi connectivity index (χ2n) is 7.31. The normalized spacial score (nSPS) is 29.3. The summed E-state index contributed by atoms with van der Waals surface area (Å²) in [4.78, 5) is 12.7. The molecule has 3 aliphatic carbocycles. The number of halogens is 3. The lowest BCUT2D eigenvalue weighted by molar-refractivity contribution is -0.126. The minimum Gasteiger partial charge on any atom is -0.348 e. The van der Waals surface area contributed by atoms with E-state index in [1.807, 2.05) is 0 Å². The molecular weight excluding hydrogens is 317 g/mol. The van der Waals surface area contributed by atoms with Gasteiger partial charge in [0.05, 0.1) is 12.1 Å². The van der Waals surface area contributed by atoms with Crippen molar-refractivity contribution in [3.05, 3.63) is 34.6 Å². The van der Waals surface area contributed by atoms with Crippen LogP contribution in [0.3, 0.4) is 0 Å². The van der Waals surface area contributed by atoms with Gasteiger partial charge in [0.15, 0.2) is 17.5 Å². The Morgan fingerprint density at radius 3 is 2.62 bits per heavy atom. The van der Waals surface area contributed by atoms with Gasteiger partial charge in [-0.1, -0.05) is 12.8 Å². The van der Waals surface area contributed by atoms with E-state index in [1.54, 1.807) is 0 Å². The van der Waals surface area contributed by atoms with Gasteiger partial charge in [0.1, 0.15) is 5.41 Å². The van der Waals surface area contributed by atoms with Crippen LogP contribution in [0.1, 0.15) is 55.7 Å². The van der Waals surface area contributed by atoms with Gasteiger partial charge in [-0.25, -0.2) is 13.2 Å². The number of benzene rings is 1. The van der Waals surface area contributed by atoms with E-state index in [9.17, 15) is 23.2 Å². The van der Waals surface area contributed by atoms with Crippen molar-refractivity contribution in [1.82, 2.24) is 5.32 Å². The van der Waals surface area contributed by atoms with E-state index in [0.717, 1.165) is 31.7 Å². The van der Waals surface area contributed by atoms with Crippen LogP contribution < -0.4 is 5.32 Å². The van der Waals surface area contributed by atoms with Gasteiger partial charge >= 0.3 is 0 Å². The van der Waals surface area contributed by atoms with Crippen molar-refractivity contribution in [3.63, 3.8) is 0 Å². The Labute approximate surface area is 137 Å². The number of nitrogens with zero attached hydrogens (tertiary/aromatic N) is 1. The molecule has 2 fully saturated rings. The number of nitriles is 1. The van der Waals surface area contributed by atoms with Crippen LogP contribution in [0.5, 0.6) is 0 Å². The second-order valence-corrected chi connectivity index (χ2v) is 7.31. The van der Waals surface area contributed by atoms with Crippen molar-refractivity contribution >= 4 is 5.91 Å². The van der Waals surface area contributed by atoms with Crippen LogP contribution in [0, 0.1) is 39.6 Å². The van der Waals surface area contributed by atoms with E-state index < -0.39 is 34.8 Å². The number of carbonyl (C=O) groups is 1. The molecule has 1 spiro atoms. The molecule has 1 amide bonds. The first-order valence-electron chi connectivity index (χ1n) is 8.33. The van der Waals surface area contributed by atoms with Crippen molar-refractivity contribution in [3.8, 4) is 6.07 Å². The molecule has 0 aliphatic heterocycles. The van der Waals surface area contributed by atoms with Gasteiger partial charge in [-0.2, -0.15) is 5.26 Å². The molecule has 0 unspecified atom stereocenters. The highest BCUT2D eigenvalue weighted by molar-refractivity contribution is 5.90. The fourth-order valence-electron chi connectivity index (χ4n) is 4.76. The number of hydrogen-bond acceptors (Lipinski definition) is 2.